The van der Waals surface area contributed by atoms with Crippen molar-refractivity contribution in [2.24, 2.45) is 22.7 Å². The number of rotatable bonds is 29. The fourth-order valence-corrected chi connectivity index (χ4v) is 13.5. The Kier molecular flexibility index (Phi) is 24.5. The van der Waals surface area contributed by atoms with Gasteiger partial charge in [-0.25, -0.2) is 19.2 Å². The Balaban J connectivity index is 1.25. The molecule has 3 N–H and O–H groups in total. The van der Waals surface area contributed by atoms with Gasteiger partial charge in [-0.1, -0.05) is 143 Å². The van der Waals surface area contributed by atoms with Crippen LogP contribution in [-0.2, 0) is 66.5 Å². The van der Waals surface area contributed by atoms with Gasteiger partial charge in [0.2, 0.25) is 6.10 Å². The van der Waals surface area contributed by atoms with E-state index < -0.39 is 137 Å². The van der Waals surface area contributed by atoms with Gasteiger partial charge >= 0.3 is 36.1 Å². The average molecular weight is 1200 g/mol. The Hall–Kier alpha value is -5.15. The summed E-state index contributed by atoms with van der Waals surface area (Å²) in [5.74, 6) is -6.65. The quantitative estimate of drug-likeness (QED) is 0.0291. The van der Waals surface area contributed by atoms with Crippen LogP contribution in [0.15, 0.2) is 41.5 Å². The number of alkyl carbamates (subject to hydrolysis) is 1. The van der Waals surface area contributed by atoms with Gasteiger partial charge in [-0.05, 0) is 83.1 Å². The summed E-state index contributed by atoms with van der Waals surface area (Å²) < 4.78 is 59.9. The molecular weight excluding hydrogens is 1100 g/mol. The Morgan fingerprint density at radius 1 is 0.812 bits per heavy atom. The molecule has 1 amide bonds. The number of ether oxygens (including phenoxy) is 10. The minimum absolute atomic E-state index is 0.0269. The monoisotopic (exact) mass is 1200 g/mol. The van der Waals surface area contributed by atoms with E-state index in [-0.39, 0.29) is 55.3 Å². The number of ketones is 1. The Bertz CT molecular complexity index is 2470. The smallest absolute Gasteiger partial charge is 0.455 e. The first-order chi connectivity index (χ1) is 40.1. The summed E-state index contributed by atoms with van der Waals surface area (Å²) >= 11 is 0. The molecule has 6 rings (SSSR count). The predicted molar refractivity (Wildman–Crippen MR) is 312 cm³/mol. The Labute approximate surface area is 503 Å². The molecule has 2 bridgehead atoms. The van der Waals surface area contributed by atoms with Crippen molar-refractivity contribution in [2.75, 3.05) is 19.8 Å². The number of carbonyl (C=O) groups is 7. The third-order valence-electron chi connectivity index (χ3n) is 17.9. The van der Waals surface area contributed by atoms with Crippen LogP contribution in [0.25, 0.3) is 0 Å². The zero-order chi connectivity index (χ0) is 62.5. The van der Waals surface area contributed by atoms with E-state index in [0.29, 0.717) is 6.42 Å². The molecule has 0 spiro atoms. The maximum absolute atomic E-state index is 15.8. The minimum Gasteiger partial charge on any atom is -0.455 e. The Morgan fingerprint density at radius 3 is 1.95 bits per heavy atom. The highest BCUT2D eigenvalue weighted by Crippen LogP contribution is 2.64. The molecule has 1 aromatic carbocycles. The molecule has 5 aliphatic rings. The highest BCUT2D eigenvalue weighted by Gasteiger charge is 2.78. The third-order valence-corrected chi connectivity index (χ3v) is 17.9. The van der Waals surface area contributed by atoms with E-state index in [1.165, 1.54) is 103 Å². The number of hydrogen-bond donors (Lipinski definition) is 3. The molecule has 85 heavy (non-hydrogen) atoms. The van der Waals surface area contributed by atoms with Crippen molar-refractivity contribution in [1.29, 1.82) is 0 Å². The fourth-order valence-electron chi connectivity index (χ4n) is 13.5. The maximum Gasteiger partial charge on any atom is 0.509 e. The fraction of sp³-hybridized carbons (Fsp3) is 0.769. The molecule has 20 nitrogen and oxygen atoms in total. The number of hydrogen-bond acceptors (Lipinski definition) is 19. The van der Waals surface area contributed by atoms with Gasteiger partial charge in [0.1, 0.15) is 42.2 Å². The van der Waals surface area contributed by atoms with E-state index in [2.05, 4.69) is 12.2 Å². The molecule has 0 radical (unpaired) electrons. The summed E-state index contributed by atoms with van der Waals surface area (Å²) in [7, 11) is 0. The van der Waals surface area contributed by atoms with Crippen molar-refractivity contribution in [3.63, 3.8) is 0 Å². The molecule has 4 fully saturated rings. The molecule has 3 unspecified atom stereocenters. The van der Waals surface area contributed by atoms with E-state index in [4.69, 9.17) is 47.4 Å². The average Bonchev–Trinajstić information content (AvgIpc) is 0.879. The van der Waals surface area contributed by atoms with Crippen LogP contribution in [0.2, 0.25) is 0 Å². The standard InChI is InChI=1S/C65H99NO19/c1-13-14-15-16-17-18-19-20-21-22-23-24-25-26-30-33-50-76-37-45(80-50)38-77-60(74)82-52(46(34-40(2)3)66-59(73)85-61(7,8)9)58(72)81-47-36-65(75)56(83-57(71)44-31-28-27-29-32-44)54-63(12,48(69)35-49-64(54,39-78-49)84-43(6)68)55(70)53(79-42(5)67)51(41(47)4)62(65,10)11/h27-29,31-32,40,45-50,52-54,56,69,75H,13-26,30,33-39H2,1-12H3,(H,66,73)/t45?,46-,47-,48-,49+,50?,52+,53+,54?,56-,63+,64-,65+/m0/s1. The first kappa shape index (κ1) is 69.0. The largest absolute Gasteiger partial charge is 0.509 e. The van der Waals surface area contributed by atoms with Crippen LogP contribution < -0.4 is 5.32 Å². The van der Waals surface area contributed by atoms with Gasteiger partial charge in [-0.3, -0.25) is 14.4 Å². The van der Waals surface area contributed by atoms with Crippen LogP contribution in [0, 0.1) is 22.7 Å². The lowest BCUT2D eigenvalue weighted by atomic mass is 9.44. The second kappa shape index (κ2) is 30.2. The first-order valence-corrected chi connectivity index (χ1v) is 31.3. The van der Waals surface area contributed by atoms with Crippen molar-refractivity contribution in [1.82, 2.24) is 5.32 Å². The van der Waals surface area contributed by atoms with Crippen LogP contribution >= 0.6 is 0 Å². The summed E-state index contributed by atoms with van der Waals surface area (Å²) in [6, 6.07) is 6.51. The van der Waals surface area contributed by atoms with Crippen LogP contribution in [0.4, 0.5) is 9.59 Å². The van der Waals surface area contributed by atoms with Crippen LogP contribution in [0.5, 0.6) is 0 Å². The molecule has 478 valence electrons. The number of Topliss-reactive ketones (excluding diaryl/α,β-unsaturated/α-hetero) is 1. The van der Waals surface area contributed by atoms with Gasteiger partial charge in [0.15, 0.2) is 23.8 Å². The zero-order valence-corrected chi connectivity index (χ0v) is 52.6. The molecule has 2 saturated heterocycles. The first-order valence-electron chi connectivity index (χ1n) is 31.3. The summed E-state index contributed by atoms with van der Waals surface area (Å²) in [6.45, 7) is 18.6. The number of benzene rings is 1. The lowest BCUT2D eigenvalue weighted by molar-refractivity contribution is -0.346. The van der Waals surface area contributed by atoms with E-state index >= 15 is 9.59 Å². The number of aliphatic hydroxyl groups is 2. The number of fused-ring (bicyclic) bond motifs is 5. The van der Waals surface area contributed by atoms with E-state index in [1.54, 1.807) is 52.8 Å². The molecule has 1 aromatic rings. The number of amides is 1. The number of carbonyl (C=O) groups excluding carboxylic acids is 7. The van der Waals surface area contributed by atoms with Gasteiger partial charge < -0.3 is 62.9 Å². The Morgan fingerprint density at radius 2 is 1.41 bits per heavy atom. The molecule has 2 aliphatic heterocycles. The second-order valence-electron chi connectivity index (χ2n) is 26.4. The predicted octanol–water partition coefficient (Wildman–Crippen LogP) is 10.7. The second-order valence-corrected chi connectivity index (χ2v) is 26.4. The van der Waals surface area contributed by atoms with Gasteiger partial charge in [0, 0.05) is 32.1 Å². The van der Waals surface area contributed by atoms with Gasteiger partial charge in [-0.2, -0.15) is 0 Å². The van der Waals surface area contributed by atoms with Crippen molar-refractivity contribution in [2.45, 2.75) is 277 Å². The SMILES string of the molecule is CCCCCCCCCCCCCCCCCC1OCC(COC(=O)O[C@@H](C(=O)O[C@H]2C[C@@]3(O)[C@@H](OC(=O)c4ccccc4)C4[C@](C)(C(=O)[C@H](OC(C)=O)C(=C2C)C3(C)C)[C@@H](O)C[C@H]2OC[C@@]42OC(C)=O)[C@H](CC(C)C)NC(=O)OC(C)(C)C)O1. The maximum atomic E-state index is 15.8. The summed E-state index contributed by atoms with van der Waals surface area (Å²) in [5.41, 5.74) is -8.99. The van der Waals surface area contributed by atoms with Gasteiger partial charge in [-0.15, -0.1) is 0 Å². The van der Waals surface area contributed by atoms with Crippen molar-refractivity contribution in [3.8, 4) is 0 Å². The number of esters is 4. The van der Waals surface area contributed by atoms with E-state index in [9.17, 15) is 34.2 Å². The normalized spacial score (nSPS) is 29.4. The molecule has 2 heterocycles. The molecule has 2 saturated carbocycles. The lowest BCUT2D eigenvalue weighted by Gasteiger charge is -2.67. The van der Waals surface area contributed by atoms with E-state index in [1.807, 2.05) is 13.8 Å². The van der Waals surface area contributed by atoms with Crippen LogP contribution in [-0.4, -0.2) is 144 Å². The molecular formula is C65H99NO19. The molecule has 13 atom stereocenters. The van der Waals surface area contributed by atoms with Crippen molar-refractivity contribution < 1.29 is 91.1 Å². The van der Waals surface area contributed by atoms with Crippen molar-refractivity contribution in [3.05, 3.63) is 47.0 Å². The summed E-state index contributed by atoms with van der Waals surface area (Å²) in [5, 5.41) is 29.0. The number of unbranched alkanes of at least 4 members (excludes halogenated alkanes) is 14. The van der Waals surface area contributed by atoms with Gasteiger partial charge in [0.25, 0.3) is 0 Å². The number of aliphatic hydroxyl groups excluding tert-OH is 1. The van der Waals surface area contributed by atoms with Crippen LogP contribution in [0.3, 0.4) is 0 Å². The molecule has 3 aliphatic carbocycles. The number of nitrogens with one attached hydrogen (secondary N) is 1. The highest BCUT2D eigenvalue weighted by atomic mass is 16.8. The molecule has 0 aromatic heterocycles. The van der Waals surface area contributed by atoms with Crippen molar-refractivity contribution >= 4 is 41.9 Å². The third kappa shape index (κ3) is 16.9. The highest BCUT2D eigenvalue weighted by molar-refractivity contribution is 5.95. The lowest BCUT2D eigenvalue weighted by Crippen LogP contribution is -2.82. The summed E-state index contributed by atoms with van der Waals surface area (Å²) in [6.07, 6.45) is 5.20. The van der Waals surface area contributed by atoms with E-state index in [0.717, 1.165) is 33.1 Å². The van der Waals surface area contributed by atoms with Crippen LogP contribution in [0.1, 0.15) is 215 Å². The van der Waals surface area contributed by atoms with Gasteiger partial charge in [0.05, 0.1) is 42.3 Å². The minimum atomic E-state index is -2.47. The summed E-state index contributed by atoms with van der Waals surface area (Å²) in [4.78, 5) is 99.5. The zero-order valence-electron chi connectivity index (χ0n) is 52.6. The topological polar surface area (TPSA) is 264 Å². The molecule has 20 heteroatoms.